The number of nitrogens with two attached hydrogens (primary N) is 1. The fourth-order valence-corrected chi connectivity index (χ4v) is 8.46. The third-order valence-corrected chi connectivity index (χ3v) is 12.4. The number of nitrogens with zero attached hydrogens (tertiary/aromatic N) is 4. The van der Waals surface area contributed by atoms with E-state index in [0.717, 1.165) is 56.5 Å². The normalized spacial score (nSPS) is 22.3. The van der Waals surface area contributed by atoms with Gasteiger partial charge < -0.3 is 25.0 Å². The number of nitrogens with one attached hydrogen (secondary N) is 1. The van der Waals surface area contributed by atoms with Crippen molar-refractivity contribution in [1.82, 2.24) is 24.5 Å². The van der Waals surface area contributed by atoms with Gasteiger partial charge in [-0.15, -0.1) is 0 Å². The van der Waals surface area contributed by atoms with E-state index in [2.05, 4.69) is 49.3 Å². The van der Waals surface area contributed by atoms with Crippen LogP contribution in [0.3, 0.4) is 0 Å². The van der Waals surface area contributed by atoms with E-state index in [0.29, 0.717) is 18.4 Å². The number of pyridine rings is 2. The Morgan fingerprint density at radius 1 is 0.732 bits per heavy atom. The fourth-order valence-electron chi connectivity index (χ4n) is 7.54. The largest absolute Gasteiger partial charge is 0.444 e. The van der Waals surface area contributed by atoms with E-state index in [1.807, 2.05) is 115 Å². The van der Waals surface area contributed by atoms with E-state index < -0.39 is 33.3 Å². The minimum absolute atomic E-state index is 0.191. The van der Waals surface area contributed by atoms with Gasteiger partial charge in [0.25, 0.3) is 0 Å². The average molecular weight is 799 g/mol. The number of ether oxygens (including phenoxy) is 2. The Kier molecular flexibility index (Phi) is 15.0. The number of hydrogen-bond acceptors (Lipinski definition) is 8. The molecule has 11 nitrogen and oxygen atoms in total. The summed E-state index contributed by atoms with van der Waals surface area (Å²) < 4.78 is 27.1. The molecule has 56 heavy (non-hydrogen) atoms. The SMILES string of the molecule is CC(C)(C)OC(=O)N1C[C@@H](CCC(C)(N)c2ccccn2)CC1(C)C.CC(C)(C)OC(=O)N1C[C@@H](CCC(C)(NS(=O)C(C)(C)C)c2ccccn2)CC1(C)C. The summed E-state index contributed by atoms with van der Waals surface area (Å²) in [6.07, 6.45) is 8.43. The molecule has 0 aliphatic carbocycles. The van der Waals surface area contributed by atoms with Crippen LogP contribution in [0.1, 0.15) is 154 Å². The Labute approximate surface area is 341 Å². The van der Waals surface area contributed by atoms with Crippen LogP contribution in [0, 0.1) is 11.8 Å². The molecule has 0 saturated carbocycles. The van der Waals surface area contributed by atoms with Gasteiger partial charge in [0.05, 0.1) is 38.2 Å². The first kappa shape index (κ1) is 47.3. The average Bonchev–Trinajstić information content (AvgIpc) is 3.55. The van der Waals surface area contributed by atoms with Crippen molar-refractivity contribution in [3.63, 3.8) is 0 Å². The Bertz CT molecular complexity index is 1610. The predicted octanol–water partition coefficient (Wildman–Crippen LogP) is 9.24. The molecule has 5 atom stereocenters. The molecule has 2 amide bonds. The van der Waals surface area contributed by atoms with Gasteiger partial charge in [0.2, 0.25) is 0 Å². The molecule has 4 rings (SSSR count). The van der Waals surface area contributed by atoms with Crippen LogP contribution < -0.4 is 10.5 Å². The third kappa shape index (κ3) is 13.8. The number of carbonyl (C=O) groups excluding carboxylic acids is 2. The molecular formula is C44H74N6O5S. The molecule has 4 heterocycles. The third-order valence-electron chi connectivity index (χ3n) is 10.6. The van der Waals surface area contributed by atoms with Crippen LogP contribution in [0.25, 0.3) is 0 Å². The number of rotatable bonds is 10. The van der Waals surface area contributed by atoms with Crippen molar-refractivity contribution in [2.45, 2.75) is 180 Å². The summed E-state index contributed by atoms with van der Waals surface area (Å²) in [6.45, 7) is 31.2. The molecule has 2 saturated heterocycles. The van der Waals surface area contributed by atoms with Gasteiger partial charge >= 0.3 is 12.2 Å². The molecule has 0 spiro atoms. The van der Waals surface area contributed by atoms with Crippen molar-refractivity contribution < 1.29 is 23.3 Å². The maximum absolute atomic E-state index is 12.9. The van der Waals surface area contributed by atoms with E-state index in [9.17, 15) is 13.8 Å². The van der Waals surface area contributed by atoms with E-state index in [1.165, 1.54) is 0 Å². The highest BCUT2D eigenvalue weighted by Crippen LogP contribution is 2.40. The van der Waals surface area contributed by atoms with Crippen LogP contribution in [0.2, 0.25) is 0 Å². The molecule has 12 heteroatoms. The zero-order valence-electron chi connectivity index (χ0n) is 37.2. The standard InChI is InChI=1S/C24H41N3O3S.C20H33N3O2/c1-21(2,3)30-20(28)27-17-18(16-23(27,7)8)13-14-24(9,19-12-10-11-15-25-19)26-31(29)22(4,5)6;1-18(2,3)25-17(24)23-14-15(13-19(23,4)5)10-11-20(6,21)16-9-7-8-12-22-16/h10-12,15,18,26H,13-14,16-17H2,1-9H3;7-9,12,15H,10-11,13-14,21H2,1-6H3/t18-,24?,31?;15-,20?/m00/s1. The molecule has 316 valence electrons. The van der Waals surface area contributed by atoms with Crippen LogP contribution in [-0.2, 0) is 31.5 Å². The highest BCUT2D eigenvalue weighted by Gasteiger charge is 2.45. The lowest BCUT2D eigenvalue weighted by Gasteiger charge is -2.33. The van der Waals surface area contributed by atoms with Crippen LogP contribution >= 0.6 is 0 Å². The maximum atomic E-state index is 12.9. The Morgan fingerprint density at radius 3 is 1.52 bits per heavy atom. The Morgan fingerprint density at radius 2 is 1.14 bits per heavy atom. The monoisotopic (exact) mass is 799 g/mol. The summed E-state index contributed by atoms with van der Waals surface area (Å²) >= 11 is 0. The summed E-state index contributed by atoms with van der Waals surface area (Å²) in [7, 11) is -1.23. The number of hydrogen-bond donors (Lipinski definition) is 2. The molecule has 0 bridgehead atoms. The fraction of sp³-hybridized carbons (Fsp3) is 0.727. The molecule has 2 aliphatic heterocycles. The van der Waals surface area contributed by atoms with E-state index in [4.69, 9.17) is 15.2 Å². The van der Waals surface area contributed by atoms with Gasteiger partial charge in [-0.3, -0.25) is 9.97 Å². The maximum Gasteiger partial charge on any atom is 0.410 e. The molecule has 2 fully saturated rings. The number of carbonyl (C=O) groups is 2. The second kappa shape index (κ2) is 17.8. The van der Waals surface area contributed by atoms with Crippen molar-refractivity contribution in [3.05, 3.63) is 60.2 Å². The first-order valence-corrected chi connectivity index (χ1v) is 21.4. The van der Waals surface area contributed by atoms with Crippen LogP contribution in [-0.4, -0.2) is 76.3 Å². The number of aromatic nitrogens is 2. The molecule has 0 radical (unpaired) electrons. The van der Waals surface area contributed by atoms with Crippen molar-refractivity contribution in [1.29, 1.82) is 0 Å². The van der Waals surface area contributed by atoms with Crippen LogP contribution in [0.4, 0.5) is 9.59 Å². The molecule has 2 aromatic heterocycles. The zero-order chi connectivity index (χ0) is 42.5. The molecule has 0 aromatic carbocycles. The van der Waals surface area contributed by atoms with Gasteiger partial charge in [0, 0.05) is 36.6 Å². The van der Waals surface area contributed by atoms with Crippen molar-refractivity contribution >= 4 is 23.2 Å². The smallest absolute Gasteiger partial charge is 0.410 e. The summed E-state index contributed by atoms with van der Waals surface area (Å²) in [6, 6.07) is 11.7. The van der Waals surface area contributed by atoms with Crippen molar-refractivity contribution in [2.24, 2.45) is 17.6 Å². The van der Waals surface area contributed by atoms with Crippen LogP contribution in [0.5, 0.6) is 0 Å². The quantitative estimate of drug-likeness (QED) is 0.243. The second-order valence-corrected chi connectivity index (χ2v) is 22.7. The lowest BCUT2D eigenvalue weighted by Crippen LogP contribution is -2.47. The van der Waals surface area contributed by atoms with Gasteiger partial charge in [-0.05, 0) is 178 Å². The van der Waals surface area contributed by atoms with E-state index >= 15 is 0 Å². The summed E-state index contributed by atoms with van der Waals surface area (Å²) in [5.41, 5.74) is 5.88. The predicted molar refractivity (Wildman–Crippen MR) is 227 cm³/mol. The lowest BCUT2D eigenvalue weighted by atomic mass is 9.86. The molecular weight excluding hydrogens is 725 g/mol. The summed E-state index contributed by atoms with van der Waals surface area (Å²) in [5, 5.41) is 0. The minimum atomic E-state index is -1.23. The van der Waals surface area contributed by atoms with E-state index in [-0.39, 0.29) is 28.0 Å². The molecule has 2 aliphatic rings. The Hall–Kier alpha value is -3.09. The first-order chi connectivity index (χ1) is 25.4. The van der Waals surface area contributed by atoms with Gasteiger partial charge in [-0.1, -0.05) is 12.1 Å². The van der Waals surface area contributed by atoms with Crippen molar-refractivity contribution in [3.8, 4) is 0 Å². The Balaban J connectivity index is 0.000000307. The van der Waals surface area contributed by atoms with Gasteiger partial charge in [-0.25, -0.2) is 18.5 Å². The van der Waals surface area contributed by atoms with Crippen LogP contribution in [0.15, 0.2) is 48.8 Å². The topological polar surface area (TPSA) is 140 Å². The molecule has 2 aromatic rings. The number of amides is 2. The van der Waals surface area contributed by atoms with E-state index in [1.54, 1.807) is 12.4 Å². The summed E-state index contributed by atoms with van der Waals surface area (Å²) in [5.74, 6) is 0.768. The second-order valence-electron chi connectivity index (χ2n) is 20.7. The lowest BCUT2D eigenvalue weighted by molar-refractivity contribution is 0.0118. The summed E-state index contributed by atoms with van der Waals surface area (Å²) in [4.78, 5) is 38.0. The van der Waals surface area contributed by atoms with Gasteiger partial charge in [0.15, 0.2) is 0 Å². The highest BCUT2D eigenvalue weighted by molar-refractivity contribution is 7.84. The zero-order valence-corrected chi connectivity index (χ0v) is 38.1. The minimum Gasteiger partial charge on any atom is -0.444 e. The van der Waals surface area contributed by atoms with Crippen molar-refractivity contribution in [2.75, 3.05) is 13.1 Å². The highest BCUT2D eigenvalue weighted by atomic mass is 32.2. The molecule has 3 unspecified atom stereocenters. The molecule has 3 N–H and O–H groups in total. The van der Waals surface area contributed by atoms with Gasteiger partial charge in [0.1, 0.15) is 11.2 Å². The first-order valence-electron chi connectivity index (χ1n) is 20.3. The number of likely N-dealkylation sites (tertiary alicyclic amines) is 2. The van der Waals surface area contributed by atoms with Gasteiger partial charge in [-0.2, -0.15) is 0 Å².